The van der Waals surface area contributed by atoms with Crippen LogP contribution >= 0.6 is 11.3 Å². The molecule has 4 rings (SSSR count). The van der Waals surface area contributed by atoms with Crippen molar-refractivity contribution in [1.82, 2.24) is 10.2 Å². The van der Waals surface area contributed by atoms with Crippen LogP contribution in [0, 0.1) is 0 Å². The van der Waals surface area contributed by atoms with Gasteiger partial charge in [0.2, 0.25) is 0 Å². The van der Waals surface area contributed by atoms with Crippen LogP contribution in [0.1, 0.15) is 42.9 Å². The van der Waals surface area contributed by atoms with Crippen molar-refractivity contribution in [2.75, 3.05) is 13.1 Å². The van der Waals surface area contributed by atoms with Crippen LogP contribution in [0.5, 0.6) is 0 Å². The van der Waals surface area contributed by atoms with Gasteiger partial charge in [0.05, 0.1) is 0 Å². The standard InChI is InChI=1S/C15H22N2S/c1-2-15(18-7-1)11-8-13(16-12-3-4-12)10-17(9-11)14-5-6-14/h1-2,7,11-14,16H,3-6,8-10H2. The molecule has 1 aromatic heterocycles. The van der Waals surface area contributed by atoms with Crippen LogP contribution in [0.4, 0.5) is 0 Å². The van der Waals surface area contributed by atoms with E-state index in [-0.39, 0.29) is 0 Å². The Hall–Kier alpha value is -0.380. The van der Waals surface area contributed by atoms with Gasteiger partial charge in [-0.25, -0.2) is 0 Å². The molecular weight excluding hydrogens is 240 g/mol. The molecule has 1 aromatic rings. The smallest absolute Gasteiger partial charge is 0.0204 e. The van der Waals surface area contributed by atoms with Gasteiger partial charge < -0.3 is 5.32 Å². The predicted octanol–water partition coefficient (Wildman–Crippen LogP) is 2.82. The van der Waals surface area contributed by atoms with Gasteiger partial charge in [-0.05, 0) is 43.6 Å². The molecule has 2 saturated carbocycles. The van der Waals surface area contributed by atoms with Crippen molar-refractivity contribution in [2.24, 2.45) is 0 Å². The second-order valence-corrected chi connectivity index (χ2v) is 7.25. The molecule has 0 radical (unpaired) electrons. The van der Waals surface area contributed by atoms with E-state index in [1.54, 1.807) is 4.88 Å². The fraction of sp³-hybridized carbons (Fsp3) is 0.733. The van der Waals surface area contributed by atoms with Crippen molar-refractivity contribution in [2.45, 2.75) is 56.1 Å². The summed E-state index contributed by atoms with van der Waals surface area (Å²) >= 11 is 1.95. The van der Waals surface area contributed by atoms with E-state index in [0.717, 1.165) is 24.0 Å². The lowest BCUT2D eigenvalue weighted by Crippen LogP contribution is -2.49. The summed E-state index contributed by atoms with van der Waals surface area (Å²) in [5.41, 5.74) is 0. The number of rotatable bonds is 4. The molecule has 98 valence electrons. The lowest BCUT2D eigenvalue weighted by Gasteiger charge is -2.38. The van der Waals surface area contributed by atoms with E-state index in [1.165, 1.54) is 45.2 Å². The Labute approximate surface area is 113 Å². The average Bonchev–Trinajstić information content (AvgIpc) is 3.30. The summed E-state index contributed by atoms with van der Waals surface area (Å²) in [5, 5.41) is 6.09. The van der Waals surface area contributed by atoms with Crippen molar-refractivity contribution in [1.29, 1.82) is 0 Å². The lowest BCUT2D eigenvalue weighted by atomic mass is 9.92. The largest absolute Gasteiger partial charge is 0.310 e. The van der Waals surface area contributed by atoms with Gasteiger partial charge >= 0.3 is 0 Å². The fourth-order valence-corrected chi connectivity index (χ4v) is 4.14. The minimum atomic E-state index is 0.735. The fourth-order valence-electron chi connectivity index (χ4n) is 3.30. The molecule has 1 saturated heterocycles. The third-order valence-corrected chi connectivity index (χ3v) is 5.57. The second-order valence-electron chi connectivity index (χ2n) is 6.27. The van der Waals surface area contributed by atoms with Gasteiger partial charge in [-0.15, -0.1) is 11.3 Å². The van der Waals surface area contributed by atoms with Gasteiger partial charge in [0, 0.05) is 42.0 Å². The Morgan fingerprint density at radius 1 is 1.11 bits per heavy atom. The number of nitrogens with one attached hydrogen (secondary N) is 1. The van der Waals surface area contributed by atoms with Crippen LogP contribution in [-0.2, 0) is 0 Å². The number of nitrogens with zero attached hydrogens (tertiary/aromatic N) is 1. The van der Waals surface area contributed by atoms with Crippen molar-refractivity contribution >= 4 is 11.3 Å². The Morgan fingerprint density at radius 2 is 2.00 bits per heavy atom. The summed E-state index contributed by atoms with van der Waals surface area (Å²) < 4.78 is 0. The van der Waals surface area contributed by atoms with E-state index in [4.69, 9.17) is 0 Å². The maximum absolute atomic E-state index is 3.86. The maximum atomic E-state index is 3.86. The van der Waals surface area contributed by atoms with Gasteiger partial charge in [-0.3, -0.25) is 4.90 Å². The Bertz CT molecular complexity index is 395. The first-order chi connectivity index (χ1) is 8.88. The van der Waals surface area contributed by atoms with Crippen LogP contribution in [0.15, 0.2) is 17.5 Å². The minimum absolute atomic E-state index is 0.735. The monoisotopic (exact) mass is 262 g/mol. The van der Waals surface area contributed by atoms with Gasteiger partial charge in [-0.2, -0.15) is 0 Å². The molecule has 0 bridgehead atoms. The number of thiophene rings is 1. The summed E-state index contributed by atoms with van der Waals surface area (Å²) in [6, 6.07) is 7.03. The first kappa shape index (κ1) is 11.4. The van der Waals surface area contributed by atoms with Gasteiger partial charge in [0.15, 0.2) is 0 Å². The molecular formula is C15H22N2S. The Morgan fingerprint density at radius 3 is 2.67 bits per heavy atom. The topological polar surface area (TPSA) is 15.3 Å². The highest BCUT2D eigenvalue weighted by atomic mass is 32.1. The molecule has 1 aliphatic heterocycles. The molecule has 3 fully saturated rings. The molecule has 2 unspecified atom stereocenters. The normalized spacial score (nSPS) is 33.8. The number of hydrogen-bond donors (Lipinski definition) is 1. The predicted molar refractivity (Wildman–Crippen MR) is 76.2 cm³/mol. The lowest BCUT2D eigenvalue weighted by molar-refractivity contribution is 0.163. The van der Waals surface area contributed by atoms with Crippen molar-refractivity contribution in [3.63, 3.8) is 0 Å². The highest BCUT2D eigenvalue weighted by Gasteiger charge is 2.38. The summed E-state index contributed by atoms with van der Waals surface area (Å²) in [6.45, 7) is 2.59. The summed E-state index contributed by atoms with van der Waals surface area (Å²) in [7, 11) is 0. The van der Waals surface area contributed by atoms with Crippen molar-refractivity contribution in [3.05, 3.63) is 22.4 Å². The summed E-state index contributed by atoms with van der Waals surface area (Å²) in [4.78, 5) is 4.36. The van der Waals surface area contributed by atoms with Crippen LogP contribution < -0.4 is 5.32 Å². The molecule has 0 amide bonds. The highest BCUT2D eigenvalue weighted by Crippen LogP contribution is 2.36. The SMILES string of the molecule is c1csc(C2CC(NC3CC3)CN(C3CC3)C2)c1. The molecule has 0 aromatic carbocycles. The Balaban J connectivity index is 1.47. The van der Waals surface area contributed by atoms with Crippen LogP contribution in [0.2, 0.25) is 0 Å². The molecule has 2 heterocycles. The van der Waals surface area contributed by atoms with Gasteiger partial charge in [0.1, 0.15) is 0 Å². The van der Waals surface area contributed by atoms with Crippen molar-refractivity contribution < 1.29 is 0 Å². The van der Waals surface area contributed by atoms with Crippen LogP contribution in [0.25, 0.3) is 0 Å². The summed E-state index contributed by atoms with van der Waals surface area (Å²) in [5.74, 6) is 0.774. The van der Waals surface area contributed by atoms with Gasteiger partial charge in [0.25, 0.3) is 0 Å². The zero-order chi connectivity index (χ0) is 11.9. The first-order valence-corrected chi connectivity index (χ1v) is 8.30. The number of piperidine rings is 1. The molecule has 3 heteroatoms. The molecule has 1 N–H and O–H groups in total. The van der Waals surface area contributed by atoms with E-state index < -0.39 is 0 Å². The molecule has 0 spiro atoms. The van der Waals surface area contributed by atoms with Crippen molar-refractivity contribution in [3.8, 4) is 0 Å². The highest BCUT2D eigenvalue weighted by molar-refractivity contribution is 7.10. The zero-order valence-electron chi connectivity index (χ0n) is 10.8. The quantitative estimate of drug-likeness (QED) is 0.897. The average molecular weight is 262 g/mol. The van der Waals surface area contributed by atoms with Crippen LogP contribution in [-0.4, -0.2) is 36.1 Å². The molecule has 2 atom stereocenters. The summed E-state index contributed by atoms with van der Waals surface area (Å²) in [6.07, 6.45) is 7.04. The third kappa shape index (κ3) is 2.49. The molecule has 2 nitrogen and oxygen atoms in total. The Kier molecular flexibility index (Phi) is 2.94. The molecule has 2 aliphatic carbocycles. The number of hydrogen-bond acceptors (Lipinski definition) is 3. The number of likely N-dealkylation sites (tertiary alicyclic amines) is 1. The van der Waals surface area contributed by atoms with E-state index in [2.05, 4.69) is 27.7 Å². The minimum Gasteiger partial charge on any atom is -0.310 e. The van der Waals surface area contributed by atoms with E-state index in [1.807, 2.05) is 11.3 Å². The first-order valence-electron chi connectivity index (χ1n) is 7.42. The second kappa shape index (κ2) is 4.62. The maximum Gasteiger partial charge on any atom is 0.0204 e. The molecule has 18 heavy (non-hydrogen) atoms. The zero-order valence-corrected chi connectivity index (χ0v) is 11.7. The third-order valence-electron chi connectivity index (χ3n) is 4.54. The molecule has 3 aliphatic rings. The van der Waals surface area contributed by atoms with Gasteiger partial charge in [-0.1, -0.05) is 6.07 Å². The van der Waals surface area contributed by atoms with E-state index >= 15 is 0 Å². The van der Waals surface area contributed by atoms with E-state index in [9.17, 15) is 0 Å². The van der Waals surface area contributed by atoms with E-state index in [0.29, 0.717) is 0 Å². The van der Waals surface area contributed by atoms with Crippen LogP contribution in [0.3, 0.4) is 0 Å².